The van der Waals surface area contributed by atoms with Crippen molar-refractivity contribution in [1.82, 2.24) is 5.32 Å². The van der Waals surface area contributed by atoms with Crippen LogP contribution in [0.5, 0.6) is 0 Å². The molecule has 84 valence electrons. The summed E-state index contributed by atoms with van der Waals surface area (Å²) in [6.45, 7) is 6.15. The van der Waals surface area contributed by atoms with Crippen LogP contribution in [0.25, 0.3) is 0 Å². The predicted molar refractivity (Wildman–Crippen MR) is 58.7 cm³/mol. The van der Waals surface area contributed by atoms with Crippen LogP contribution >= 0.6 is 0 Å². The third-order valence-corrected chi connectivity index (χ3v) is 2.64. The summed E-state index contributed by atoms with van der Waals surface area (Å²) in [5.74, 6) is 0.591. The fraction of sp³-hybridized carbons (Fsp3) is 0.545. The van der Waals surface area contributed by atoms with Crippen molar-refractivity contribution >= 4 is 5.91 Å². The number of carbonyl (C=O) groups excluding carboxylic acids is 1. The summed E-state index contributed by atoms with van der Waals surface area (Å²) in [6.07, 6.45) is 2.25. The zero-order valence-corrected chi connectivity index (χ0v) is 9.46. The number of carbonyl (C=O) groups is 1. The van der Waals surface area contributed by atoms with Gasteiger partial charge in [-0.25, -0.2) is 0 Å². The van der Waals surface area contributed by atoms with Gasteiger partial charge in [0, 0.05) is 12.1 Å². The van der Waals surface area contributed by atoms with Gasteiger partial charge in [0.05, 0.1) is 5.56 Å². The van der Waals surface area contributed by atoms with Crippen molar-refractivity contribution in [1.29, 1.82) is 0 Å². The molecule has 0 bridgehead atoms. The molecule has 4 nitrogen and oxygen atoms in total. The number of furan rings is 1. The molecule has 1 atom stereocenters. The minimum atomic E-state index is -0.345. The van der Waals surface area contributed by atoms with Crippen LogP contribution in [0.4, 0.5) is 0 Å². The van der Waals surface area contributed by atoms with Crippen LogP contribution in [0.3, 0.4) is 0 Å². The van der Waals surface area contributed by atoms with Crippen LogP contribution in [0.1, 0.15) is 36.4 Å². The highest BCUT2D eigenvalue weighted by Crippen LogP contribution is 2.11. The largest absolute Gasteiger partial charge is 0.469 e. The van der Waals surface area contributed by atoms with Gasteiger partial charge in [0.25, 0.3) is 5.91 Å². The number of hydrogen-bond donors (Lipinski definition) is 2. The molecule has 1 heterocycles. The molecular formula is C11H18N2O2. The molecule has 0 saturated heterocycles. The van der Waals surface area contributed by atoms with Crippen LogP contribution in [-0.2, 0) is 0 Å². The van der Waals surface area contributed by atoms with Gasteiger partial charge in [-0.3, -0.25) is 4.79 Å². The lowest BCUT2D eigenvalue weighted by Gasteiger charge is -2.27. The molecule has 0 saturated carbocycles. The number of hydrogen-bond acceptors (Lipinski definition) is 3. The zero-order chi connectivity index (χ0) is 11.5. The van der Waals surface area contributed by atoms with E-state index in [2.05, 4.69) is 5.32 Å². The maximum atomic E-state index is 11.8. The van der Waals surface area contributed by atoms with Gasteiger partial charge in [0.2, 0.25) is 0 Å². The van der Waals surface area contributed by atoms with E-state index in [0.717, 1.165) is 12.2 Å². The van der Waals surface area contributed by atoms with Crippen molar-refractivity contribution in [3.63, 3.8) is 0 Å². The maximum absolute atomic E-state index is 11.8. The second kappa shape index (κ2) is 4.49. The Labute approximate surface area is 89.8 Å². The summed E-state index contributed by atoms with van der Waals surface area (Å²) in [6, 6.07) is 1.71. The van der Waals surface area contributed by atoms with E-state index in [-0.39, 0.29) is 11.4 Å². The van der Waals surface area contributed by atoms with Crippen molar-refractivity contribution in [3.05, 3.63) is 23.7 Å². The number of rotatable bonds is 4. The summed E-state index contributed by atoms with van der Waals surface area (Å²) in [7, 11) is 0. The maximum Gasteiger partial charge on any atom is 0.255 e. The highest BCUT2D eigenvalue weighted by Gasteiger charge is 2.23. The standard InChI is InChI=1S/C11H18N2O2/c1-4-11(3,7-12)13-10(14)9-5-8(2)15-6-9/h5-6H,4,7,12H2,1-3H3,(H,13,14). The monoisotopic (exact) mass is 210 g/mol. The minimum absolute atomic E-state index is 0.137. The van der Waals surface area contributed by atoms with Crippen molar-refractivity contribution < 1.29 is 9.21 Å². The summed E-state index contributed by atoms with van der Waals surface area (Å²) in [5.41, 5.74) is 5.81. The third-order valence-electron chi connectivity index (χ3n) is 2.64. The Morgan fingerprint density at radius 2 is 2.33 bits per heavy atom. The Hall–Kier alpha value is -1.29. The first-order valence-electron chi connectivity index (χ1n) is 5.08. The summed E-state index contributed by atoms with van der Waals surface area (Å²) >= 11 is 0. The average molecular weight is 210 g/mol. The first-order valence-corrected chi connectivity index (χ1v) is 5.08. The van der Waals surface area contributed by atoms with E-state index >= 15 is 0 Å². The topological polar surface area (TPSA) is 68.3 Å². The van der Waals surface area contributed by atoms with Crippen LogP contribution in [0.15, 0.2) is 16.7 Å². The molecule has 4 heteroatoms. The molecule has 1 amide bonds. The van der Waals surface area contributed by atoms with E-state index in [0.29, 0.717) is 12.1 Å². The second-order valence-electron chi connectivity index (χ2n) is 4.02. The summed E-state index contributed by atoms with van der Waals surface area (Å²) in [5, 5.41) is 2.90. The van der Waals surface area contributed by atoms with Crippen LogP contribution in [-0.4, -0.2) is 18.0 Å². The second-order valence-corrected chi connectivity index (χ2v) is 4.02. The number of nitrogens with two attached hydrogens (primary N) is 1. The van der Waals surface area contributed by atoms with Crippen molar-refractivity contribution in [2.24, 2.45) is 5.73 Å². The molecular weight excluding hydrogens is 192 g/mol. The SMILES string of the molecule is CCC(C)(CN)NC(=O)c1coc(C)c1. The first-order chi connectivity index (χ1) is 7.00. The Balaban J connectivity index is 2.71. The Morgan fingerprint density at radius 1 is 1.67 bits per heavy atom. The van der Waals surface area contributed by atoms with Crippen molar-refractivity contribution in [3.8, 4) is 0 Å². The molecule has 0 spiro atoms. The third kappa shape index (κ3) is 2.83. The van der Waals surface area contributed by atoms with E-state index in [9.17, 15) is 4.79 Å². The van der Waals surface area contributed by atoms with Crippen molar-refractivity contribution in [2.45, 2.75) is 32.7 Å². The van der Waals surface area contributed by atoms with Gasteiger partial charge in [-0.15, -0.1) is 0 Å². The van der Waals surface area contributed by atoms with Gasteiger partial charge in [0.15, 0.2) is 0 Å². The lowest BCUT2D eigenvalue weighted by atomic mass is 9.99. The predicted octanol–water partition coefficient (Wildman–Crippen LogP) is 1.45. The molecule has 1 aromatic heterocycles. The van der Waals surface area contributed by atoms with Gasteiger partial charge in [-0.05, 0) is 26.3 Å². The molecule has 1 unspecified atom stereocenters. The van der Waals surface area contributed by atoms with Gasteiger partial charge in [-0.2, -0.15) is 0 Å². The van der Waals surface area contributed by atoms with Gasteiger partial charge < -0.3 is 15.5 Å². The fourth-order valence-corrected chi connectivity index (χ4v) is 1.19. The quantitative estimate of drug-likeness (QED) is 0.790. The molecule has 0 fully saturated rings. The summed E-state index contributed by atoms with van der Waals surface area (Å²) in [4.78, 5) is 11.8. The molecule has 0 aliphatic carbocycles. The molecule has 1 rings (SSSR count). The normalized spacial score (nSPS) is 14.7. The van der Waals surface area contributed by atoms with Crippen LogP contribution in [0, 0.1) is 6.92 Å². The molecule has 0 aliphatic rings. The van der Waals surface area contributed by atoms with Crippen molar-refractivity contribution in [2.75, 3.05) is 6.54 Å². The van der Waals surface area contributed by atoms with Gasteiger partial charge in [-0.1, -0.05) is 6.92 Å². The average Bonchev–Trinajstić information content (AvgIpc) is 2.65. The molecule has 3 N–H and O–H groups in total. The highest BCUT2D eigenvalue weighted by atomic mass is 16.3. The van der Waals surface area contributed by atoms with E-state index in [1.165, 1.54) is 6.26 Å². The van der Waals surface area contributed by atoms with E-state index < -0.39 is 0 Å². The molecule has 1 aromatic rings. The number of aryl methyl sites for hydroxylation is 1. The Morgan fingerprint density at radius 3 is 2.73 bits per heavy atom. The number of nitrogens with one attached hydrogen (secondary N) is 1. The molecule has 0 radical (unpaired) electrons. The first kappa shape index (κ1) is 11.8. The minimum Gasteiger partial charge on any atom is -0.469 e. The van der Waals surface area contributed by atoms with E-state index in [1.807, 2.05) is 13.8 Å². The fourth-order valence-electron chi connectivity index (χ4n) is 1.19. The smallest absolute Gasteiger partial charge is 0.255 e. The lowest BCUT2D eigenvalue weighted by molar-refractivity contribution is 0.0906. The van der Waals surface area contributed by atoms with E-state index in [1.54, 1.807) is 13.0 Å². The highest BCUT2D eigenvalue weighted by molar-refractivity contribution is 5.94. The Kier molecular flexibility index (Phi) is 3.52. The van der Waals surface area contributed by atoms with Gasteiger partial charge >= 0.3 is 0 Å². The zero-order valence-electron chi connectivity index (χ0n) is 9.46. The van der Waals surface area contributed by atoms with Crippen LogP contribution in [0.2, 0.25) is 0 Å². The molecule has 0 aliphatic heterocycles. The molecule has 0 aromatic carbocycles. The lowest BCUT2D eigenvalue weighted by Crippen LogP contribution is -2.50. The van der Waals surface area contributed by atoms with Crippen LogP contribution < -0.4 is 11.1 Å². The number of amides is 1. The van der Waals surface area contributed by atoms with Gasteiger partial charge in [0.1, 0.15) is 12.0 Å². The van der Waals surface area contributed by atoms with E-state index in [4.69, 9.17) is 10.2 Å². The summed E-state index contributed by atoms with van der Waals surface area (Å²) < 4.78 is 5.08. The molecule has 15 heavy (non-hydrogen) atoms. The Bertz CT molecular complexity index is 340.